The minimum Gasteiger partial charge on any atom is -0.444 e. The number of amides is 1. The van der Waals surface area contributed by atoms with Crippen LogP contribution in [-0.2, 0) is 19.0 Å². The SMILES string of the molecule is CC(C)(C)OC(=O)N(CCF)CCOS(C)(=O)=O. The maximum absolute atomic E-state index is 12.3. The van der Waals surface area contributed by atoms with Crippen molar-refractivity contribution in [3.05, 3.63) is 0 Å². The summed E-state index contributed by atoms with van der Waals surface area (Å²) >= 11 is 0. The highest BCUT2D eigenvalue weighted by Gasteiger charge is 2.22. The summed E-state index contributed by atoms with van der Waals surface area (Å²) in [7, 11) is -3.57. The Labute approximate surface area is 107 Å². The third-order valence-corrected chi connectivity index (χ3v) is 2.26. The number of nitrogens with zero attached hydrogens (tertiary/aromatic N) is 1. The van der Waals surface area contributed by atoms with Crippen LogP contribution in [0, 0.1) is 0 Å². The van der Waals surface area contributed by atoms with Gasteiger partial charge in [0.1, 0.15) is 12.3 Å². The Morgan fingerprint density at radius 3 is 2.22 bits per heavy atom. The van der Waals surface area contributed by atoms with Gasteiger partial charge in [0, 0.05) is 6.54 Å². The van der Waals surface area contributed by atoms with Crippen LogP contribution < -0.4 is 0 Å². The molecule has 0 atom stereocenters. The number of carbonyl (C=O) groups is 1. The molecule has 0 fully saturated rings. The topological polar surface area (TPSA) is 72.9 Å². The van der Waals surface area contributed by atoms with E-state index in [1.807, 2.05) is 0 Å². The highest BCUT2D eigenvalue weighted by molar-refractivity contribution is 7.85. The summed E-state index contributed by atoms with van der Waals surface area (Å²) in [5.41, 5.74) is -0.691. The van der Waals surface area contributed by atoms with Gasteiger partial charge in [0.05, 0.1) is 19.4 Å². The van der Waals surface area contributed by atoms with Gasteiger partial charge in [-0.2, -0.15) is 8.42 Å². The standard InChI is InChI=1S/C10H20FNO5S/c1-10(2,3)17-9(13)12(6-5-11)7-8-16-18(4,14)15/h5-8H2,1-4H3. The summed E-state index contributed by atoms with van der Waals surface area (Å²) in [6, 6.07) is 0. The largest absolute Gasteiger partial charge is 0.444 e. The van der Waals surface area contributed by atoms with Gasteiger partial charge in [-0.05, 0) is 20.8 Å². The van der Waals surface area contributed by atoms with E-state index in [4.69, 9.17) is 4.74 Å². The monoisotopic (exact) mass is 285 g/mol. The second kappa shape index (κ2) is 6.89. The van der Waals surface area contributed by atoms with Crippen LogP contribution in [0.25, 0.3) is 0 Å². The summed E-state index contributed by atoms with van der Waals surface area (Å²) in [6.45, 7) is 3.88. The van der Waals surface area contributed by atoms with E-state index in [2.05, 4.69) is 4.18 Å². The first kappa shape index (κ1) is 17.1. The molecule has 0 unspecified atom stereocenters. The number of carbonyl (C=O) groups excluding carboxylic acids is 1. The van der Waals surface area contributed by atoms with E-state index >= 15 is 0 Å². The van der Waals surface area contributed by atoms with E-state index in [1.165, 1.54) is 0 Å². The Kier molecular flexibility index (Phi) is 6.55. The zero-order chi connectivity index (χ0) is 14.4. The van der Waals surface area contributed by atoms with Crippen LogP contribution in [0.15, 0.2) is 0 Å². The molecule has 0 saturated carbocycles. The molecule has 0 aliphatic heterocycles. The van der Waals surface area contributed by atoms with E-state index in [1.54, 1.807) is 20.8 Å². The Morgan fingerprint density at radius 2 is 1.83 bits per heavy atom. The number of rotatable bonds is 6. The molecule has 0 aliphatic rings. The highest BCUT2D eigenvalue weighted by Crippen LogP contribution is 2.09. The maximum Gasteiger partial charge on any atom is 0.410 e. The van der Waals surface area contributed by atoms with Gasteiger partial charge in [0.15, 0.2) is 0 Å². The summed E-state index contributed by atoms with van der Waals surface area (Å²) in [5.74, 6) is 0. The zero-order valence-electron chi connectivity index (χ0n) is 11.1. The molecule has 0 bridgehead atoms. The number of alkyl halides is 1. The average molecular weight is 285 g/mol. The molecule has 0 aromatic carbocycles. The smallest absolute Gasteiger partial charge is 0.410 e. The minimum absolute atomic E-state index is 0.0497. The minimum atomic E-state index is -3.57. The van der Waals surface area contributed by atoms with Gasteiger partial charge in [-0.25, -0.2) is 9.18 Å². The van der Waals surface area contributed by atoms with Gasteiger partial charge in [-0.1, -0.05) is 0 Å². The summed E-state index contributed by atoms with van der Waals surface area (Å²) in [4.78, 5) is 12.7. The number of halogens is 1. The Hall–Kier alpha value is -0.890. The van der Waals surface area contributed by atoms with Gasteiger partial charge in [0.25, 0.3) is 10.1 Å². The van der Waals surface area contributed by atoms with E-state index in [9.17, 15) is 17.6 Å². The molecule has 6 nitrogen and oxygen atoms in total. The number of hydrogen-bond acceptors (Lipinski definition) is 5. The zero-order valence-corrected chi connectivity index (χ0v) is 11.9. The fourth-order valence-corrected chi connectivity index (χ4v) is 1.40. The summed E-state index contributed by atoms with van der Waals surface area (Å²) in [5, 5.41) is 0. The van der Waals surface area contributed by atoms with Crippen LogP contribution in [0.1, 0.15) is 20.8 Å². The van der Waals surface area contributed by atoms with Crippen molar-refractivity contribution in [2.75, 3.05) is 32.6 Å². The van der Waals surface area contributed by atoms with Crippen molar-refractivity contribution >= 4 is 16.2 Å². The molecule has 8 heteroatoms. The summed E-state index contributed by atoms with van der Waals surface area (Å²) in [6.07, 6.45) is 0.206. The molecule has 0 aliphatic carbocycles. The first-order valence-electron chi connectivity index (χ1n) is 5.43. The quantitative estimate of drug-likeness (QED) is 0.685. The van der Waals surface area contributed by atoms with Crippen molar-refractivity contribution in [1.82, 2.24) is 4.90 Å². The van der Waals surface area contributed by atoms with Crippen molar-refractivity contribution in [1.29, 1.82) is 0 Å². The molecule has 18 heavy (non-hydrogen) atoms. The van der Waals surface area contributed by atoms with E-state index in [0.29, 0.717) is 0 Å². The molecular weight excluding hydrogens is 265 g/mol. The van der Waals surface area contributed by atoms with Crippen LogP contribution in [0.3, 0.4) is 0 Å². The second-order valence-electron chi connectivity index (χ2n) is 4.68. The van der Waals surface area contributed by atoms with E-state index in [0.717, 1.165) is 11.2 Å². The van der Waals surface area contributed by atoms with Crippen molar-refractivity contribution < 1.29 is 26.5 Å². The number of ether oxygens (including phenoxy) is 1. The van der Waals surface area contributed by atoms with Gasteiger partial charge in [-0.15, -0.1) is 0 Å². The molecule has 0 aromatic heterocycles. The summed E-state index contributed by atoms with van der Waals surface area (Å²) < 4.78 is 43.3. The molecule has 0 heterocycles. The van der Waals surface area contributed by atoms with Gasteiger partial charge in [-0.3, -0.25) is 4.18 Å². The van der Waals surface area contributed by atoms with Gasteiger partial charge < -0.3 is 9.64 Å². The predicted octanol–water partition coefficient (Wildman–Crippen LogP) is 1.17. The van der Waals surface area contributed by atoms with Gasteiger partial charge in [0.2, 0.25) is 0 Å². The van der Waals surface area contributed by atoms with Crippen LogP contribution in [0.4, 0.5) is 9.18 Å². The van der Waals surface area contributed by atoms with Crippen molar-refractivity contribution in [2.24, 2.45) is 0 Å². The molecule has 1 amide bonds. The lowest BCUT2D eigenvalue weighted by atomic mass is 10.2. The lowest BCUT2D eigenvalue weighted by Crippen LogP contribution is -2.40. The first-order chi connectivity index (χ1) is 8.05. The van der Waals surface area contributed by atoms with Crippen molar-refractivity contribution in [3.63, 3.8) is 0 Å². The molecule has 0 spiro atoms. The van der Waals surface area contributed by atoms with Crippen LogP contribution in [-0.4, -0.2) is 57.6 Å². The third-order valence-electron chi connectivity index (χ3n) is 1.66. The van der Waals surface area contributed by atoms with Gasteiger partial charge >= 0.3 is 6.09 Å². The van der Waals surface area contributed by atoms with Crippen molar-refractivity contribution in [3.8, 4) is 0 Å². The lowest BCUT2D eigenvalue weighted by molar-refractivity contribution is 0.0216. The fourth-order valence-electron chi connectivity index (χ4n) is 1.02. The Bertz CT molecular complexity index is 363. The number of hydrogen-bond donors (Lipinski definition) is 0. The Morgan fingerprint density at radius 1 is 1.28 bits per heavy atom. The van der Waals surface area contributed by atoms with E-state index < -0.39 is 28.5 Å². The Balaban J connectivity index is 4.34. The van der Waals surface area contributed by atoms with Crippen LogP contribution in [0.2, 0.25) is 0 Å². The molecule has 0 rings (SSSR count). The van der Waals surface area contributed by atoms with Crippen LogP contribution >= 0.6 is 0 Å². The molecule has 108 valence electrons. The van der Waals surface area contributed by atoms with Crippen LogP contribution in [0.5, 0.6) is 0 Å². The second-order valence-corrected chi connectivity index (χ2v) is 6.33. The fraction of sp³-hybridized carbons (Fsp3) is 0.900. The van der Waals surface area contributed by atoms with Crippen molar-refractivity contribution in [2.45, 2.75) is 26.4 Å². The highest BCUT2D eigenvalue weighted by atomic mass is 32.2. The molecule has 0 N–H and O–H groups in total. The van der Waals surface area contributed by atoms with E-state index in [-0.39, 0.29) is 19.7 Å². The molecular formula is C10H20FNO5S. The molecule has 0 saturated heterocycles. The average Bonchev–Trinajstić information content (AvgIpc) is 2.11. The maximum atomic E-state index is 12.3. The normalized spacial score (nSPS) is 12.3. The molecule has 0 radical (unpaired) electrons. The first-order valence-corrected chi connectivity index (χ1v) is 7.25. The molecule has 0 aromatic rings. The third kappa shape index (κ3) is 9.17. The lowest BCUT2D eigenvalue weighted by Gasteiger charge is -2.26. The predicted molar refractivity (Wildman–Crippen MR) is 64.6 cm³/mol.